The van der Waals surface area contributed by atoms with E-state index in [9.17, 15) is 4.79 Å². The summed E-state index contributed by atoms with van der Waals surface area (Å²) in [6, 6.07) is 0.542. The molecule has 0 aromatic rings. The monoisotopic (exact) mass is 229 g/mol. The number of alkyl carbamates (subject to hydrolysis) is 1. The molecule has 16 heavy (non-hydrogen) atoms. The first-order valence-electron chi connectivity index (χ1n) is 5.88. The van der Waals surface area contributed by atoms with Gasteiger partial charge in [-0.1, -0.05) is 0 Å². The zero-order chi connectivity index (χ0) is 12.0. The van der Waals surface area contributed by atoms with E-state index in [1.807, 2.05) is 20.8 Å². The van der Waals surface area contributed by atoms with E-state index < -0.39 is 5.60 Å². The van der Waals surface area contributed by atoms with Gasteiger partial charge in [0.25, 0.3) is 0 Å². The number of carbonyl (C=O) groups is 1. The highest BCUT2D eigenvalue weighted by atomic mass is 16.6. The Kier molecular flexibility index (Phi) is 5.02. The Morgan fingerprint density at radius 1 is 1.44 bits per heavy atom. The van der Waals surface area contributed by atoms with Crippen LogP contribution < -0.4 is 16.0 Å². The molecular formula is C11H23N3O2. The summed E-state index contributed by atoms with van der Waals surface area (Å²) in [6.45, 7) is 9.06. The van der Waals surface area contributed by atoms with Crippen molar-refractivity contribution in [2.45, 2.75) is 38.8 Å². The molecule has 0 spiro atoms. The molecule has 1 rings (SSSR count). The van der Waals surface area contributed by atoms with Crippen molar-refractivity contribution in [3.8, 4) is 0 Å². The van der Waals surface area contributed by atoms with E-state index in [0.717, 1.165) is 26.1 Å². The van der Waals surface area contributed by atoms with Crippen LogP contribution in [-0.4, -0.2) is 43.9 Å². The summed E-state index contributed by atoms with van der Waals surface area (Å²) in [5, 5.41) is 9.36. The third kappa shape index (κ3) is 5.92. The predicted octanol–water partition coefficient (Wildman–Crippen LogP) is 0.463. The van der Waals surface area contributed by atoms with Gasteiger partial charge in [-0.15, -0.1) is 0 Å². The van der Waals surface area contributed by atoms with Gasteiger partial charge < -0.3 is 20.7 Å². The lowest BCUT2D eigenvalue weighted by Crippen LogP contribution is -2.39. The first-order chi connectivity index (χ1) is 7.47. The maximum absolute atomic E-state index is 11.3. The van der Waals surface area contributed by atoms with Crippen LogP contribution in [0.2, 0.25) is 0 Å². The lowest BCUT2D eigenvalue weighted by Gasteiger charge is -2.20. The Morgan fingerprint density at radius 3 is 2.75 bits per heavy atom. The van der Waals surface area contributed by atoms with Crippen molar-refractivity contribution in [2.24, 2.45) is 0 Å². The minimum Gasteiger partial charge on any atom is -0.444 e. The molecule has 1 unspecified atom stereocenters. The van der Waals surface area contributed by atoms with Gasteiger partial charge in [0.1, 0.15) is 5.60 Å². The Morgan fingerprint density at radius 2 is 2.19 bits per heavy atom. The molecule has 3 N–H and O–H groups in total. The van der Waals surface area contributed by atoms with E-state index in [-0.39, 0.29) is 6.09 Å². The van der Waals surface area contributed by atoms with Crippen molar-refractivity contribution < 1.29 is 9.53 Å². The van der Waals surface area contributed by atoms with E-state index in [0.29, 0.717) is 12.6 Å². The fourth-order valence-electron chi connectivity index (χ4n) is 1.58. The van der Waals surface area contributed by atoms with Crippen molar-refractivity contribution in [3.05, 3.63) is 0 Å². The number of nitrogens with one attached hydrogen (secondary N) is 3. The SMILES string of the molecule is CC(C)(C)OC(=O)NCCNC1CCNC1. The molecule has 1 heterocycles. The van der Waals surface area contributed by atoms with Gasteiger partial charge in [0.15, 0.2) is 0 Å². The first-order valence-corrected chi connectivity index (χ1v) is 5.88. The molecule has 0 saturated carbocycles. The molecule has 1 aliphatic rings. The molecule has 5 nitrogen and oxygen atoms in total. The topological polar surface area (TPSA) is 62.4 Å². The minimum absolute atomic E-state index is 0.348. The van der Waals surface area contributed by atoms with Gasteiger partial charge in [-0.25, -0.2) is 4.79 Å². The second kappa shape index (κ2) is 6.06. The molecule has 1 amide bonds. The third-order valence-corrected chi connectivity index (χ3v) is 2.29. The van der Waals surface area contributed by atoms with Crippen LogP contribution in [0.4, 0.5) is 4.79 Å². The highest BCUT2D eigenvalue weighted by Gasteiger charge is 2.16. The van der Waals surface area contributed by atoms with Crippen molar-refractivity contribution in [3.63, 3.8) is 0 Å². The summed E-state index contributed by atoms with van der Waals surface area (Å²) in [6.07, 6.45) is 0.811. The summed E-state index contributed by atoms with van der Waals surface area (Å²) >= 11 is 0. The molecule has 0 aliphatic carbocycles. The number of ether oxygens (including phenoxy) is 1. The molecule has 5 heteroatoms. The number of hydrogen-bond donors (Lipinski definition) is 3. The number of amides is 1. The van der Waals surface area contributed by atoms with Crippen LogP contribution in [0.15, 0.2) is 0 Å². The van der Waals surface area contributed by atoms with Gasteiger partial charge in [0, 0.05) is 25.7 Å². The standard InChI is InChI=1S/C11H23N3O2/c1-11(2,3)16-10(15)14-7-6-13-9-4-5-12-8-9/h9,12-13H,4-8H2,1-3H3,(H,14,15). The average molecular weight is 229 g/mol. The molecule has 94 valence electrons. The fraction of sp³-hybridized carbons (Fsp3) is 0.909. The zero-order valence-electron chi connectivity index (χ0n) is 10.4. The van der Waals surface area contributed by atoms with E-state index in [1.165, 1.54) is 0 Å². The lowest BCUT2D eigenvalue weighted by molar-refractivity contribution is 0.0528. The van der Waals surface area contributed by atoms with E-state index in [4.69, 9.17) is 4.74 Å². The Bertz CT molecular complexity index is 220. The fourth-order valence-corrected chi connectivity index (χ4v) is 1.58. The minimum atomic E-state index is -0.424. The molecule has 1 aliphatic heterocycles. The molecule has 0 radical (unpaired) electrons. The highest BCUT2D eigenvalue weighted by molar-refractivity contribution is 5.67. The second-order valence-corrected chi connectivity index (χ2v) is 5.07. The smallest absolute Gasteiger partial charge is 0.407 e. The maximum Gasteiger partial charge on any atom is 0.407 e. The highest BCUT2D eigenvalue weighted by Crippen LogP contribution is 2.06. The van der Waals surface area contributed by atoms with Gasteiger partial charge in [0.05, 0.1) is 0 Å². The Hall–Kier alpha value is -0.810. The molecule has 1 saturated heterocycles. The van der Waals surface area contributed by atoms with E-state index >= 15 is 0 Å². The number of rotatable bonds is 4. The normalized spacial score (nSPS) is 20.8. The molecule has 1 fully saturated rings. The van der Waals surface area contributed by atoms with Gasteiger partial charge in [0.2, 0.25) is 0 Å². The molecule has 1 atom stereocenters. The van der Waals surface area contributed by atoms with E-state index in [2.05, 4.69) is 16.0 Å². The predicted molar refractivity (Wildman–Crippen MR) is 63.5 cm³/mol. The number of carbonyl (C=O) groups excluding carboxylic acids is 1. The van der Waals surface area contributed by atoms with Crippen molar-refractivity contribution in [1.82, 2.24) is 16.0 Å². The summed E-state index contributed by atoms with van der Waals surface area (Å²) in [4.78, 5) is 11.3. The summed E-state index contributed by atoms with van der Waals surface area (Å²) in [5.74, 6) is 0. The van der Waals surface area contributed by atoms with E-state index in [1.54, 1.807) is 0 Å². The molecule has 0 aromatic carbocycles. The zero-order valence-corrected chi connectivity index (χ0v) is 10.4. The summed E-state index contributed by atoms with van der Waals surface area (Å²) in [7, 11) is 0. The largest absolute Gasteiger partial charge is 0.444 e. The number of hydrogen-bond acceptors (Lipinski definition) is 4. The van der Waals surface area contributed by atoms with Crippen LogP contribution in [0.25, 0.3) is 0 Å². The van der Waals surface area contributed by atoms with Crippen LogP contribution in [0.1, 0.15) is 27.2 Å². The summed E-state index contributed by atoms with van der Waals surface area (Å²) < 4.78 is 5.12. The molecular weight excluding hydrogens is 206 g/mol. The quantitative estimate of drug-likeness (QED) is 0.613. The van der Waals surface area contributed by atoms with Gasteiger partial charge >= 0.3 is 6.09 Å². The molecule has 0 bridgehead atoms. The van der Waals surface area contributed by atoms with Gasteiger partial charge in [-0.05, 0) is 33.7 Å². The van der Waals surface area contributed by atoms with Gasteiger partial charge in [-0.3, -0.25) is 0 Å². The van der Waals surface area contributed by atoms with Crippen LogP contribution in [0.5, 0.6) is 0 Å². The Balaban J connectivity index is 2.00. The van der Waals surface area contributed by atoms with Crippen LogP contribution >= 0.6 is 0 Å². The average Bonchev–Trinajstić information content (AvgIpc) is 2.62. The maximum atomic E-state index is 11.3. The lowest BCUT2D eigenvalue weighted by atomic mass is 10.2. The third-order valence-electron chi connectivity index (χ3n) is 2.29. The first kappa shape index (κ1) is 13.3. The molecule has 0 aromatic heterocycles. The van der Waals surface area contributed by atoms with Crippen LogP contribution in [-0.2, 0) is 4.74 Å². The summed E-state index contributed by atoms with van der Waals surface area (Å²) in [5.41, 5.74) is -0.424. The second-order valence-electron chi connectivity index (χ2n) is 5.07. The van der Waals surface area contributed by atoms with Crippen LogP contribution in [0, 0.1) is 0 Å². The van der Waals surface area contributed by atoms with Gasteiger partial charge in [-0.2, -0.15) is 0 Å². The Labute approximate surface area is 97.3 Å². The van der Waals surface area contributed by atoms with Crippen LogP contribution in [0.3, 0.4) is 0 Å². The van der Waals surface area contributed by atoms with Crippen molar-refractivity contribution >= 4 is 6.09 Å². The van der Waals surface area contributed by atoms with Crippen molar-refractivity contribution in [2.75, 3.05) is 26.2 Å². The van der Waals surface area contributed by atoms with Crippen molar-refractivity contribution in [1.29, 1.82) is 0 Å².